The summed E-state index contributed by atoms with van der Waals surface area (Å²) < 4.78 is 7.05. The normalized spacial score (nSPS) is 11.7. The van der Waals surface area contributed by atoms with Crippen LogP contribution in [0, 0.1) is 0 Å². The average Bonchev–Trinajstić information content (AvgIpc) is 3.76. The largest absolute Gasteiger partial charge is 0.308 e. The van der Waals surface area contributed by atoms with Crippen LogP contribution in [0.25, 0.3) is 76.3 Å². The van der Waals surface area contributed by atoms with Crippen LogP contribution in [-0.4, -0.2) is 24.3 Å². The highest BCUT2D eigenvalue weighted by atomic mass is 32.1. The minimum atomic E-state index is 0.806. The van der Waals surface area contributed by atoms with E-state index in [9.17, 15) is 0 Å². The zero-order chi connectivity index (χ0) is 28.3. The predicted octanol–water partition coefficient (Wildman–Crippen LogP) is 9.46. The number of hydrogen-bond donors (Lipinski definition) is 0. The zero-order valence-electron chi connectivity index (χ0n) is 22.9. The van der Waals surface area contributed by atoms with E-state index in [1.165, 1.54) is 20.2 Å². The molecule has 0 aliphatic rings. The van der Waals surface area contributed by atoms with Gasteiger partial charge >= 0.3 is 0 Å². The second-order valence-corrected chi connectivity index (χ2v) is 11.7. The van der Waals surface area contributed by atoms with Crippen molar-refractivity contribution in [3.63, 3.8) is 0 Å². The van der Waals surface area contributed by atoms with Gasteiger partial charge in [-0.3, -0.25) is 9.55 Å². The second kappa shape index (κ2) is 9.48. The van der Waals surface area contributed by atoms with Gasteiger partial charge in [0.05, 0.1) is 16.6 Å². The highest BCUT2D eigenvalue weighted by molar-refractivity contribution is 7.25. The number of aromatic nitrogens is 5. The van der Waals surface area contributed by atoms with E-state index in [4.69, 9.17) is 4.98 Å². The molecule has 6 heteroatoms. The molecule has 5 aromatic carbocycles. The van der Waals surface area contributed by atoms with E-state index in [0.717, 1.165) is 56.1 Å². The van der Waals surface area contributed by atoms with Gasteiger partial charge in [0.1, 0.15) is 0 Å². The van der Waals surface area contributed by atoms with Gasteiger partial charge in [0.15, 0.2) is 11.6 Å². The molecule has 0 amide bonds. The maximum atomic E-state index is 4.84. The Balaban J connectivity index is 1.25. The average molecular weight is 570 g/mol. The molecule has 0 spiro atoms. The van der Waals surface area contributed by atoms with Crippen molar-refractivity contribution in [2.45, 2.75) is 0 Å². The monoisotopic (exact) mass is 569 g/mol. The summed E-state index contributed by atoms with van der Waals surface area (Å²) in [5, 5.41) is 13.0. The third kappa shape index (κ3) is 3.74. The molecule has 0 bridgehead atoms. The fraction of sp³-hybridized carbons (Fsp3) is 0. The van der Waals surface area contributed by atoms with Crippen LogP contribution in [0.4, 0.5) is 0 Å². The number of benzene rings is 5. The molecule has 0 aliphatic carbocycles. The van der Waals surface area contributed by atoms with Crippen LogP contribution >= 0.6 is 11.3 Å². The number of rotatable bonds is 4. The number of nitrogens with zero attached hydrogens (tertiary/aromatic N) is 5. The second-order valence-electron chi connectivity index (χ2n) is 10.6. The van der Waals surface area contributed by atoms with Crippen LogP contribution in [0.2, 0.25) is 0 Å². The Labute approximate surface area is 250 Å². The molecule has 0 fully saturated rings. The first-order valence-electron chi connectivity index (χ1n) is 14.2. The molecule has 0 saturated carbocycles. The third-order valence-electron chi connectivity index (χ3n) is 8.11. The van der Waals surface area contributed by atoms with Crippen LogP contribution in [0.3, 0.4) is 0 Å². The summed E-state index contributed by atoms with van der Waals surface area (Å²) in [7, 11) is 0. The molecule has 0 unspecified atom stereocenters. The number of hydrogen-bond acceptors (Lipinski definition) is 4. The van der Waals surface area contributed by atoms with Gasteiger partial charge in [0.25, 0.3) is 0 Å². The molecule has 0 aliphatic heterocycles. The third-order valence-corrected chi connectivity index (χ3v) is 9.25. The molecule has 0 saturated heterocycles. The maximum Gasteiger partial charge on any atom is 0.168 e. The van der Waals surface area contributed by atoms with E-state index in [1.54, 1.807) is 0 Å². The Morgan fingerprint density at radius 3 is 1.79 bits per heavy atom. The fourth-order valence-corrected chi connectivity index (χ4v) is 7.28. The van der Waals surface area contributed by atoms with Crippen molar-refractivity contribution in [3.8, 4) is 34.2 Å². The molecule has 0 N–H and O–H groups in total. The van der Waals surface area contributed by atoms with E-state index in [-0.39, 0.29) is 0 Å². The lowest BCUT2D eigenvalue weighted by molar-refractivity contribution is 1.07. The van der Waals surface area contributed by atoms with Crippen LogP contribution in [0.1, 0.15) is 0 Å². The first-order chi connectivity index (χ1) is 21.3. The molecule has 9 aromatic rings. The molecule has 9 rings (SSSR count). The van der Waals surface area contributed by atoms with Gasteiger partial charge in [-0.05, 0) is 54.6 Å². The van der Waals surface area contributed by atoms with E-state index in [2.05, 4.69) is 110 Å². The highest BCUT2D eigenvalue weighted by Crippen LogP contribution is 2.40. The molecule has 4 heterocycles. The van der Waals surface area contributed by atoms with Crippen LogP contribution < -0.4 is 0 Å². The van der Waals surface area contributed by atoms with Crippen molar-refractivity contribution in [3.05, 3.63) is 140 Å². The van der Waals surface area contributed by atoms with Crippen molar-refractivity contribution in [1.82, 2.24) is 24.3 Å². The lowest BCUT2D eigenvalue weighted by Gasteiger charge is -2.13. The summed E-state index contributed by atoms with van der Waals surface area (Å²) in [6.45, 7) is 0. The standard InChI is InChI=1S/C37H23N5S/c1-3-10-24(11-4-1)36-39-40-37(25-12-5-2-6-13-25)42(36)27-19-17-26(18-20-27)41-31-15-9-21-38-35(31)30-22-29-28-14-7-8-16-33(28)43-34(29)23-32(30)41/h1-23H. The number of fused-ring (bicyclic) bond motifs is 6. The summed E-state index contributed by atoms with van der Waals surface area (Å²) in [6.07, 6.45) is 1.88. The van der Waals surface area contributed by atoms with Crippen molar-refractivity contribution in [2.24, 2.45) is 0 Å². The van der Waals surface area contributed by atoms with E-state index < -0.39 is 0 Å². The van der Waals surface area contributed by atoms with Gasteiger partial charge in [-0.15, -0.1) is 21.5 Å². The fourth-order valence-electron chi connectivity index (χ4n) is 6.16. The number of thiophene rings is 1. The van der Waals surface area contributed by atoms with Gasteiger partial charge < -0.3 is 4.57 Å². The van der Waals surface area contributed by atoms with Crippen molar-refractivity contribution < 1.29 is 0 Å². The Hall–Kier alpha value is -5.59. The molecule has 0 radical (unpaired) electrons. The molecular formula is C37H23N5S. The van der Waals surface area contributed by atoms with Gasteiger partial charge in [-0.25, -0.2) is 0 Å². The summed E-state index contributed by atoms with van der Waals surface area (Å²) >= 11 is 1.84. The van der Waals surface area contributed by atoms with Gasteiger partial charge in [-0.1, -0.05) is 78.9 Å². The van der Waals surface area contributed by atoms with Gasteiger partial charge in [0.2, 0.25) is 0 Å². The Kier molecular flexibility index (Phi) is 5.30. The molecule has 4 aromatic heterocycles. The summed E-state index contributed by atoms with van der Waals surface area (Å²) in [4.78, 5) is 4.84. The van der Waals surface area contributed by atoms with Crippen LogP contribution in [-0.2, 0) is 0 Å². The van der Waals surface area contributed by atoms with E-state index >= 15 is 0 Å². The lowest BCUT2D eigenvalue weighted by atomic mass is 10.1. The van der Waals surface area contributed by atoms with Crippen molar-refractivity contribution >= 4 is 53.4 Å². The smallest absolute Gasteiger partial charge is 0.168 e. The Morgan fingerprint density at radius 2 is 1.09 bits per heavy atom. The lowest BCUT2D eigenvalue weighted by Crippen LogP contribution is -2.01. The molecule has 0 atom stereocenters. The predicted molar refractivity (Wildman–Crippen MR) is 177 cm³/mol. The first-order valence-corrected chi connectivity index (χ1v) is 15.0. The van der Waals surface area contributed by atoms with Crippen molar-refractivity contribution in [2.75, 3.05) is 0 Å². The van der Waals surface area contributed by atoms with E-state index in [0.29, 0.717) is 0 Å². The Morgan fingerprint density at radius 1 is 0.465 bits per heavy atom. The van der Waals surface area contributed by atoms with Crippen molar-refractivity contribution in [1.29, 1.82) is 0 Å². The molecule has 5 nitrogen and oxygen atoms in total. The first kappa shape index (κ1) is 24.1. The molecule has 202 valence electrons. The van der Waals surface area contributed by atoms with Gasteiger partial charge in [0, 0.05) is 54.3 Å². The SMILES string of the molecule is c1ccc(-c2nnc(-c3ccccc3)n2-c2ccc(-n3c4cc5sc6ccccc6c5cc4c4ncccc43)cc2)cc1. The summed E-state index contributed by atoms with van der Waals surface area (Å²) in [6, 6.07) is 46.6. The molecule has 43 heavy (non-hydrogen) atoms. The topological polar surface area (TPSA) is 48.5 Å². The van der Waals surface area contributed by atoms with Gasteiger partial charge in [-0.2, -0.15) is 0 Å². The quantitative estimate of drug-likeness (QED) is 0.212. The maximum absolute atomic E-state index is 4.84. The minimum absolute atomic E-state index is 0.806. The summed E-state index contributed by atoms with van der Waals surface area (Å²) in [5.74, 6) is 1.61. The van der Waals surface area contributed by atoms with Crippen LogP contribution in [0.5, 0.6) is 0 Å². The number of pyridine rings is 1. The van der Waals surface area contributed by atoms with Crippen LogP contribution in [0.15, 0.2) is 140 Å². The highest BCUT2D eigenvalue weighted by Gasteiger charge is 2.19. The zero-order valence-corrected chi connectivity index (χ0v) is 23.7. The van der Waals surface area contributed by atoms with E-state index in [1.807, 2.05) is 60.0 Å². The summed E-state index contributed by atoms with van der Waals surface area (Å²) in [5.41, 5.74) is 7.36. The molecular weight excluding hydrogens is 547 g/mol. The Bertz CT molecular complexity index is 2380. The minimum Gasteiger partial charge on any atom is -0.308 e.